The maximum absolute atomic E-state index is 12.3. The van der Waals surface area contributed by atoms with Gasteiger partial charge in [0.25, 0.3) is 5.91 Å². The Bertz CT molecular complexity index is 658. The van der Waals surface area contributed by atoms with E-state index in [1.165, 1.54) is 10.5 Å². The van der Waals surface area contributed by atoms with Crippen LogP contribution in [0.2, 0.25) is 0 Å². The number of thioether (sulfide) groups is 1. The Kier molecular flexibility index (Phi) is 7.19. The van der Waals surface area contributed by atoms with Gasteiger partial charge in [0.1, 0.15) is 5.75 Å². The average Bonchev–Trinajstić information content (AvgIpc) is 2.60. The van der Waals surface area contributed by atoms with Gasteiger partial charge >= 0.3 is 0 Å². The van der Waals surface area contributed by atoms with E-state index in [0.717, 1.165) is 17.1 Å². The molecular formula is C20H25NO2S. The minimum Gasteiger partial charge on any atom is -0.480 e. The van der Waals surface area contributed by atoms with Crippen LogP contribution in [0.3, 0.4) is 0 Å². The molecule has 0 aliphatic heterocycles. The van der Waals surface area contributed by atoms with Gasteiger partial charge in [0.05, 0.1) is 0 Å². The third-order valence-electron chi connectivity index (χ3n) is 3.90. The number of carbonyl (C=O) groups is 1. The molecule has 0 aromatic heterocycles. The highest BCUT2D eigenvalue weighted by Crippen LogP contribution is 2.22. The van der Waals surface area contributed by atoms with Crippen molar-refractivity contribution >= 4 is 17.7 Å². The summed E-state index contributed by atoms with van der Waals surface area (Å²) in [4.78, 5) is 13.6. The van der Waals surface area contributed by atoms with Gasteiger partial charge in [-0.3, -0.25) is 4.79 Å². The molecular weight excluding hydrogens is 318 g/mol. The average molecular weight is 343 g/mol. The molecule has 0 heterocycles. The molecule has 2 aromatic carbocycles. The summed E-state index contributed by atoms with van der Waals surface area (Å²) in [7, 11) is 0. The lowest BCUT2D eigenvalue weighted by atomic mass is 10.1. The first-order valence-corrected chi connectivity index (χ1v) is 9.28. The Morgan fingerprint density at radius 2 is 1.88 bits per heavy atom. The molecule has 0 unspecified atom stereocenters. The third-order valence-corrected chi connectivity index (χ3v) is 4.91. The van der Waals surface area contributed by atoms with Crippen molar-refractivity contribution in [3.63, 3.8) is 0 Å². The van der Waals surface area contributed by atoms with Gasteiger partial charge in [0.15, 0.2) is 6.10 Å². The molecule has 1 N–H and O–H groups in total. The van der Waals surface area contributed by atoms with Crippen molar-refractivity contribution in [2.75, 3.05) is 12.3 Å². The molecule has 0 bridgehead atoms. The zero-order valence-corrected chi connectivity index (χ0v) is 15.4. The normalized spacial score (nSPS) is 11.8. The summed E-state index contributed by atoms with van der Waals surface area (Å²) in [5, 5.41) is 2.97. The van der Waals surface area contributed by atoms with Gasteiger partial charge in [-0.1, -0.05) is 37.3 Å². The molecule has 0 aliphatic carbocycles. The number of hydrogen-bond acceptors (Lipinski definition) is 3. The second-order valence-electron chi connectivity index (χ2n) is 5.67. The zero-order valence-electron chi connectivity index (χ0n) is 14.5. The Labute approximate surface area is 148 Å². The van der Waals surface area contributed by atoms with Crippen LogP contribution < -0.4 is 10.1 Å². The fourth-order valence-corrected chi connectivity index (χ4v) is 3.09. The molecule has 1 atom stereocenters. The number of aryl methyl sites for hydroxylation is 1. The van der Waals surface area contributed by atoms with E-state index in [0.29, 0.717) is 13.0 Å². The minimum absolute atomic E-state index is 0.0490. The fraction of sp³-hybridized carbons (Fsp3) is 0.350. The predicted molar refractivity (Wildman–Crippen MR) is 101 cm³/mol. The smallest absolute Gasteiger partial charge is 0.261 e. The molecule has 0 fully saturated rings. The lowest BCUT2D eigenvalue weighted by Crippen LogP contribution is -2.39. The van der Waals surface area contributed by atoms with Crippen LogP contribution in [-0.2, 0) is 4.79 Å². The van der Waals surface area contributed by atoms with Gasteiger partial charge in [-0.15, -0.1) is 11.8 Å². The predicted octanol–water partition coefficient (Wildman–Crippen LogP) is 4.37. The van der Waals surface area contributed by atoms with E-state index >= 15 is 0 Å². The molecule has 128 valence electrons. The van der Waals surface area contributed by atoms with Crippen molar-refractivity contribution in [2.24, 2.45) is 0 Å². The van der Waals surface area contributed by atoms with E-state index in [-0.39, 0.29) is 5.91 Å². The van der Waals surface area contributed by atoms with Crippen molar-refractivity contribution in [1.29, 1.82) is 0 Å². The molecule has 0 radical (unpaired) electrons. The standard InChI is InChI=1S/C20H25NO2S/c1-4-18(23-19-12-8-9-15(2)16(19)3)20(22)21-13-14-24-17-10-6-5-7-11-17/h5-12,18H,4,13-14H2,1-3H3,(H,21,22)/t18-/m1/s1. The third kappa shape index (κ3) is 5.31. The molecule has 3 nitrogen and oxygen atoms in total. The molecule has 4 heteroatoms. The summed E-state index contributed by atoms with van der Waals surface area (Å²) < 4.78 is 5.93. The van der Waals surface area contributed by atoms with Crippen molar-refractivity contribution < 1.29 is 9.53 Å². The number of rotatable bonds is 8. The van der Waals surface area contributed by atoms with Gasteiger partial charge in [0, 0.05) is 17.2 Å². The maximum atomic E-state index is 12.3. The largest absolute Gasteiger partial charge is 0.480 e. The van der Waals surface area contributed by atoms with Crippen molar-refractivity contribution in [2.45, 2.75) is 38.2 Å². The lowest BCUT2D eigenvalue weighted by Gasteiger charge is -2.19. The van der Waals surface area contributed by atoms with Crippen molar-refractivity contribution in [3.05, 3.63) is 59.7 Å². The second kappa shape index (κ2) is 9.38. The summed E-state index contributed by atoms with van der Waals surface area (Å²) in [5.41, 5.74) is 2.26. The molecule has 1 amide bonds. The van der Waals surface area contributed by atoms with E-state index in [1.807, 2.05) is 57.2 Å². The number of hydrogen-bond donors (Lipinski definition) is 1. The van der Waals surface area contributed by atoms with E-state index in [4.69, 9.17) is 4.74 Å². The first-order valence-electron chi connectivity index (χ1n) is 8.30. The summed E-state index contributed by atoms with van der Waals surface area (Å²) in [6, 6.07) is 16.1. The zero-order chi connectivity index (χ0) is 17.4. The van der Waals surface area contributed by atoms with Crippen molar-refractivity contribution in [1.82, 2.24) is 5.32 Å². The Morgan fingerprint density at radius 1 is 1.12 bits per heavy atom. The van der Waals surface area contributed by atoms with Crippen LogP contribution in [0, 0.1) is 13.8 Å². The lowest BCUT2D eigenvalue weighted by molar-refractivity contribution is -0.128. The topological polar surface area (TPSA) is 38.3 Å². The van der Waals surface area contributed by atoms with Crippen LogP contribution in [0.25, 0.3) is 0 Å². The Balaban J connectivity index is 1.82. The number of benzene rings is 2. The van der Waals surface area contributed by atoms with E-state index in [9.17, 15) is 4.79 Å². The van der Waals surface area contributed by atoms with E-state index in [1.54, 1.807) is 11.8 Å². The number of nitrogens with one attached hydrogen (secondary N) is 1. The number of carbonyl (C=O) groups excluding carboxylic acids is 1. The van der Waals surface area contributed by atoms with Crippen molar-refractivity contribution in [3.8, 4) is 5.75 Å². The second-order valence-corrected chi connectivity index (χ2v) is 6.83. The Hall–Kier alpha value is -1.94. The summed E-state index contributed by atoms with van der Waals surface area (Å²) in [5.74, 6) is 1.58. The quantitative estimate of drug-likeness (QED) is 0.571. The van der Waals surface area contributed by atoms with Gasteiger partial charge in [0.2, 0.25) is 0 Å². The molecule has 0 spiro atoms. The molecule has 24 heavy (non-hydrogen) atoms. The van der Waals surface area contributed by atoms with Crippen LogP contribution in [0.15, 0.2) is 53.4 Å². The number of amides is 1. The summed E-state index contributed by atoms with van der Waals surface area (Å²) in [6.45, 7) is 6.66. The van der Waals surface area contributed by atoms with Gasteiger partial charge in [-0.05, 0) is 49.6 Å². The fourth-order valence-electron chi connectivity index (χ4n) is 2.30. The Morgan fingerprint density at radius 3 is 2.58 bits per heavy atom. The van der Waals surface area contributed by atoms with Gasteiger partial charge in [-0.2, -0.15) is 0 Å². The summed E-state index contributed by atoms with van der Waals surface area (Å²) >= 11 is 1.73. The monoisotopic (exact) mass is 343 g/mol. The van der Waals surface area contributed by atoms with E-state index < -0.39 is 6.10 Å². The highest BCUT2D eigenvalue weighted by molar-refractivity contribution is 7.99. The van der Waals surface area contributed by atoms with Crippen LogP contribution in [0.1, 0.15) is 24.5 Å². The molecule has 2 rings (SSSR count). The molecule has 0 saturated carbocycles. The van der Waals surface area contributed by atoms with Gasteiger partial charge in [-0.25, -0.2) is 0 Å². The first kappa shape index (κ1) is 18.4. The molecule has 0 aliphatic rings. The van der Waals surface area contributed by atoms with Crippen LogP contribution >= 0.6 is 11.8 Å². The van der Waals surface area contributed by atoms with Crippen LogP contribution in [0.5, 0.6) is 5.75 Å². The maximum Gasteiger partial charge on any atom is 0.261 e. The van der Waals surface area contributed by atoms with Crippen LogP contribution in [0.4, 0.5) is 0 Å². The van der Waals surface area contributed by atoms with Gasteiger partial charge < -0.3 is 10.1 Å². The molecule has 2 aromatic rings. The first-order chi connectivity index (χ1) is 11.6. The SMILES string of the molecule is CC[C@@H](Oc1cccc(C)c1C)C(=O)NCCSc1ccccc1. The number of ether oxygens (including phenoxy) is 1. The molecule has 0 saturated heterocycles. The van der Waals surface area contributed by atoms with Crippen LogP contribution in [-0.4, -0.2) is 24.3 Å². The van der Waals surface area contributed by atoms with E-state index in [2.05, 4.69) is 17.4 Å². The highest BCUT2D eigenvalue weighted by atomic mass is 32.2. The minimum atomic E-state index is -0.452. The highest BCUT2D eigenvalue weighted by Gasteiger charge is 2.18. The summed E-state index contributed by atoms with van der Waals surface area (Å²) in [6.07, 6.45) is 0.192.